The third-order valence-corrected chi connectivity index (χ3v) is 4.86. The van der Waals surface area contributed by atoms with E-state index in [1.807, 2.05) is 0 Å². The van der Waals surface area contributed by atoms with Crippen LogP contribution in [0.5, 0.6) is 0 Å². The van der Waals surface area contributed by atoms with Gasteiger partial charge in [0.1, 0.15) is 0 Å². The number of morpholine rings is 1. The topological polar surface area (TPSA) is 91.0 Å². The summed E-state index contributed by atoms with van der Waals surface area (Å²) in [6, 6.07) is 6.59. The molecule has 1 aromatic carbocycles. The van der Waals surface area contributed by atoms with E-state index >= 15 is 0 Å². The average Bonchev–Trinajstić information content (AvgIpc) is 2.98. The fraction of sp³-hybridized carbons (Fsp3) is 0.550. The summed E-state index contributed by atoms with van der Waals surface area (Å²) in [5.41, 5.74) is 1.10. The summed E-state index contributed by atoms with van der Waals surface area (Å²) < 4.78 is 5.78. The van der Waals surface area contributed by atoms with Gasteiger partial charge in [0.25, 0.3) is 5.91 Å². The van der Waals surface area contributed by atoms with Crippen LogP contribution >= 0.6 is 0 Å². The molecule has 2 heterocycles. The molecule has 2 aliphatic rings. The summed E-state index contributed by atoms with van der Waals surface area (Å²) in [5.74, 6) is 0.0685. The molecule has 8 nitrogen and oxygen atoms in total. The first-order chi connectivity index (χ1) is 13.4. The minimum atomic E-state index is -0.430. The van der Waals surface area contributed by atoms with E-state index in [-0.39, 0.29) is 31.0 Å². The largest absolute Gasteiger partial charge is 0.374 e. The van der Waals surface area contributed by atoms with Crippen LogP contribution in [-0.4, -0.2) is 73.1 Å². The predicted molar refractivity (Wildman–Crippen MR) is 104 cm³/mol. The maximum atomic E-state index is 12.7. The lowest BCUT2D eigenvalue weighted by atomic mass is 10.1. The number of benzene rings is 1. The maximum absolute atomic E-state index is 12.7. The van der Waals surface area contributed by atoms with Gasteiger partial charge in [-0.1, -0.05) is 32.0 Å². The second-order valence-electron chi connectivity index (χ2n) is 7.65. The first-order valence-electron chi connectivity index (χ1n) is 9.72. The van der Waals surface area contributed by atoms with Crippen molar-refractivity contribution in [1.29, 1.82) is 0 Å². The van der Waals surface area contributed by atoms with Gasteiger partial charge in [0.2, 0.25) is 5.91 Å². The zero-order valence-electron chi connectivity index (χ0n) is 16.4. The average molecular weight is 388 g/mol. The molecular weight excluding hydrogens is 360 g/mol. The van der Waals surface area contributed by atoms with Crippen LogP contribution in [0.25, 0.3) is 0 Å². The number of nitrogens with one attached hydrogen (secondary N) is 2. The molecule has 2 N–H and O–H groups in total. The minimum absolute atomic E-state index is 0.000900. The van der Waals surface area contributed by atoms with Gasteiger partial charge in [-0.2, -0.15) is 0 Å². The van der Waals surface area contributed by atoms with Crippen LogP contribution in [0, 0.1) is 5.92 Å². The first kappa shape index (κ1) is 20.3. The Morgan fingerprint density at radius 3 is 2.82 bits per heavy atom. The lowest BCUT2D eigenvalue weighted by molar-refractivity contribution is -0.125. The monoisotopic (exact) mass is 388 g/mol. The van der Waals surface area contributed by atoms with Crippen LogP contribution in [0.1, 0.15) is 29.8 Å². The summed E-state index contributed by atoms with van der Waals surface area (Å²) in [4.78, 5) is 39.8. The molecule has 4 amide bonds. The van der Waals surface area contributed by atoms with Crippen molar-refractivity contribution in [3.63, 3.8) is 0 Å². The zero-order chi connectivity index (χ0) is 20.1. The fourth-order valence-electron chi connectivity index (χ4n) is 3.55. The van der Waals surface area contributed by atoms with Crippen molar-refractivity contribution in [2.24, 2.45) is 5.92 Å². The molecule has 0 aliphatic carbocycles. The Labute approximate surface area is 165 Å². The standard InChI is InChI=1S/C20H28N4O4/c1-14(2)11-23-7-8-28-16(13-23)9-21-19(26)17-6-4-3-5-15(17)12-24-18(25)10-22-20(24)27/h3-6,14,16H,7-13H2,1-2H3,(H,21,26)(H,22,27). The Balaban J connectivity index is 1.59. The Bertz CT molecular complexity index is 721. The van der Waals surface area contributed by atoms with Gasteiger partial charge in [0.15, 0.2) is 0 Å². The fourth-order valence-corrected chi connectivity index (χ4v) is 3.55. The number of carbonyl (C=O) groups is 3. The minimum Gasteiger partial charge on any atom is -0.374 e. The summed E-state index contributed by atoms with van der Waals surface area (Å²) in [5, 5.41) is 5.43. The van der Waals surface area contributed by atoms with Crippen molar-refractivity contribution in [3.8, 4) is 0 Å². The van der Waals surface area contributed by atoms with E-state index in [0.717, 1.165) is 24.5 Å². The summed E-state index contributed by atoms with van der Waals surface area (Å²) >= 11 is 0. The van der Waals surface area contributed by atoms with Gasteiger partial charge in [-0.25, -0.2) is 4.79 Å². The van der Waals surface area contributed by atoms with Crippen molar-refractivity contribution < 1.29 is 19.1 Å². The molecule has 0 radical (unpaired) electrons. The summed E-state index contributed by atoms with van der Waals surface area (Å²) in [6.45, 7) is 8.27. The molecular formula is C20H28N4O4. The number of urea groups is 1. The smallest absolute Gasteiger partial charge is 0.324 e. The van der Waals surface area contributed by atoms with Gasteiger partial charge < -0.3 is 15.4 Å². The van der Waals surface area contributed by atoms with Crippen molar-refractivity contribution >= 4 is 17.8 Å². The molecule has 1 atom stereocenters. The van der Waals surface area contributed by atoms with Gasteiger partial charge >= 0.3 is 6.03 Å². The lowest BCUT2D eigenvalue weighted by Crippen LogP contribution is -2.48. The first-order valence-corrected chi connectivity index (χ1v) is 9.72. The lowest BCUT2D eigenvalue weighted by Gasteiger charge is -2.34. The van der Waals surface area contributed by atoms with Crippen LogP contribution in [0.4, 0.5) is 4.79 Å². The number of hydrogen-bond donors (Lipinski definition) is 2. The molecule has 3 rings (SSSR count). The maximum Gasteiger partial charge on any atom is 0.324 e. The molecule has 1 aromatic rings. The SMILES string of the molecule is CC(C)CN1CCOC(CNC(=O)c2ccccc2CN2C(=O)CNC2=O)C1. The van der Waals surface area contributed by atoms with Crippen LogP contribution < -0.4 is 10.6 Å². The highest BCUT2D eigenvalue weighted by atomic mass is 16.5. The highest BCUT2D eigenvalue weighted by Crippen LogP contribution is 2.14. The molecule has 0 bridgehead atoms. The van der Waals surface area contributed by atoms with E-state index in [4.69, 9.17) is 4.74 Å². The van der Waals surface area contributed by atoms with Crippen LogP contribution in [0.15, 0.2) is 24.3 Å². The van der Waals surface area contributed by atoms with Gasteiger partial charge in [0, 0.05) is 31.7 Å². The Kier molecular flexibility index (Phi) is 6.64. The second-order valence-corrected chi connectivity index (χ2v) is 7.65. The number of nitrogens with zero attached hydrogens (tertiary/aromatic N) is 2. The third kappa shape index (κ3) is 5.08. The van der Waals surface area contributed by atoms with Crippen LogP contribution in [0.3, 0.4) is 0 Å². The summed E-state index contributed by atoms with van der Waals surface area (Å²) in [6.07, 6.45) is -0.0467. The highest BCUT2D eigenvalue weighted by Gasteiger charge is 2.29. The molecule has 0 spiro atoms. The zero-order valence-corrected chi connectivity index (χ0v) is 16.4. The van der Waals surface area contributed by atoms with Crippen molar-refractivity contribution in [3.05, 3.63) is 35.4 Å². The number of carbonyl (C=O) groups excluding carboxylic acids is 3. The highest BCUT2D eigenvalue weighted by molar-refractivity contribution is 6.02. The number of ether oxygens (including phenoxy) is 1. The molecule has 1 unspecified atom stereocenters. The van der Waals surface area contributed by atoms with E-state index in [0.29, 0.717) is 30.2 Å². The number of amides is 4. The Morgan fingerprint density at radius 1 is 1.32 bits per heavy atom. The molecule has 28 heavy (non-hydrogen) atoms. The van der Waals surface area contributed by atoms with Gasteiger partial charge in [-0.15, -0.1) is 0 Å². The molecule has 152 valence electrons. The van der Waals surface area contributed by atoms with E-state index < -0.39 is 6.03 Å². The van der Waals surface area contributed by atoms with E-state index in [1.54, 1.807) is 24.3 Å². The molecule has 2 fully saturated rings. The second kappa shape index (κ2) is 9.16. The van der Waals surface area contributed by atoms with E-state index in [1.165, 1.54) is 0 Å². The van der Waals surface area contributed by atoms with Gasteiger partial charge in [-0.05, 0) is 17.5 Å². The molecule has 2 aliphatic heterocycles. The van der Waals surface area contributed by atoms with Gasteiger partial charge in [0.05, 0.1) is 25.8 Å². The molecule has 8 heteroatoms. The Hall–Kier alpha value is -2.45. The molecule has 0 saturated carbocycles. The number of imide groups is 1. The van der Waals surface area contributed by atoms with Crippen LogP contribution in [0.2, 0.25) is 0 Å². The number of rotatable bonds is 7. The van der Waals surface area contributed by atoms with Crippen molar-refractivity contribution in [2.45, 2.75) is 26.5 Å². The molecule has 2 saturated heterocycles. The quantitative estimate of drug-likeness (QED) is 0.675. The van der Waals surface area contributed by atoms with Crippen LogP contribution in [-0.2, 0) is 16.1 Å². The number of hydrogen-bond acceptors (Lipinski definition) is 5. The van der Waals surface area contributed by atoms with Crippen molar-refractivity contribution in [2.75, 3.05) is 39.3 Å². The Morgan fingerprint density at radius 2 is 2.11 bits per heavy atom. The van der Waals surface area contributed by atoms with E-state index in [2.05, 4.69) is 29.4 Å². The van der Waals surface area contributed by atoms with Crippen molar-refractivity contribution in [1.82, 2.24) is 20.4 Å². The van der Waals surface area contributed by atoms with Gasteiger partial charge in [-0.3, -0.25) is 19.4 Å². The van der Waals surface area contributed by atoms with E-state index in [9.17, 15) is 14.4 Å². The normalized spacial score (nSPS) is 20.5. The third-order valence-electron chi connectivity index (χ3n) is 4.86. The predicted octanol–water partition coefficient (Wildman–Crippen LogP) is 0.825. The molecule has 0 aromatic heterocycles. The summed E-state index contributed by atoms with van der Waals surface area (Å²) in [7, 11) is 0.